The number of benzene rings is 1. The molecule has 6 nitrogen and oxygen atoms in total. The highest BCUT2D eigenvalue weighted by molar-refractivity contribution is 5.91. The molecule has 1 unspecified atom stereocenters. The third kappa shape index (κ3) is 4.00. The number of hydrogen-bond acceptors (Lipinski definition) is 4. The van der Waals surface area contributed by atoms with Crippen molar-refractivity contribution in [2.75, 3.05) is 19.6 Å². The summed E-state index contributed by atoms with van der Waals surface area (Å²) in [5.74, 6) is 0.166. The average Bonchev–Trinajstić information content (AvgIpc) is 3.14. The number of amides is 1. The molecule has 0 bridgehead atoms. The average molecular weight is 327 g/mol. The van der Waals surface area contributed by atoms with Gasteiger partial charge in [-0.05, 0) is 37.9 Å². The summed E-state index contributed by atoms with van der Waals surface area (Å²) in [6, 6.07) is 10.6. The molecule has 2 heterocycles. The SMILES string of the molecule is CCC(CNC(=O)c1cn(C2CCNCC2)nn1)c1ccccc1. The molecule has 1 aliphatic rings. The first-order valence-electron chi connectivity index (χ1n) is 8.73. The van der Waals surface area contributed by atoms with Crippen LogP contribution in [0.1, 0.15) is 54.2 Å². The molecule has 2 N–H and O–H groups in total. The van der Waals surface area contributed by atoms with Crippen molar-refractivity contribution in [1.82, 2.24) is 25.6 Å². The maximum absolute atomic E-state index is 12.4. The van der Waals surface area contributed by atoms with Gasteiger partial charge in [-0.15, -0.1) is 5.10 Å². The van der Waals surface area contributed by atoms with E-state index < -0.39 is 0 Å². The Morgan fingerprint density at radius 2 is 2.08 bits per heavy atom. The molecule has 6 heteroatoms. The molecule has 3 rings (SSSR count). The van der Waals surface area contributed by atoms with Crippen LogP contribution in [0.3, 0.4) is 0 Å². The molecule has 2 aromatic rings. The summed E-state index contributed by atoms with van der Waals surface area (Å²) in [6.07, 6.45) is 4.80. The smallest absolute Gasteiger partial charge is 0.273 e. The highest BCUT2D eigenvalue weighted by Gasteiger charge is 2.19. The molecule has 0 saturated carbocycles. The van der Waals surface area contributed by atoms with E-state index in [0.717, 1.165) is 32.4 Å². The molecule has 1 aromatic heterocycles. The Morgan fingerprint density at radius 1 is 1.33 bits per heavy atom. The second-order valence-electron chi connectivity index (χ2n) is 6.29. The third-order valence-electron chi connectivity index (χ3n) is 4.70. The number of hydrogen-bond donors (Lipinski definition) is 2. The lowest BCUT2D eigenvalue weighted by Crippen LogP contribution is -2.30. The van der Waals surface area contributed by atoms with Crippen molar-refractivity contribution in [3.05, 3.63) is 47.8 Å². The minimum Gasteiger partial charge on any atom is -0.350 e. The predicted octanol–water partition coefficient (Wildman–Crippen LogP) is 2.13. The molecule has 0 radical (unpaired) electrons. The molecule has 24 heavy (non-hydrogen) atoms. The van der Waals surface area contributed by atoms with E-state index in [1.807, 2.05) is 22.9 Å². The Balaban J connectivity index is 1.57. The lowest BCUT2D eigenvalue weighted by Gasteiger charge is -2.22. The molecule has 0 spiro atoms. The summed E-state index contributed by atoms with van der Waals surface area (Å²) in [5, 5.41) is 14.5. The number of rotatable bonds is 6. The molecule has 1 amide bonds. The van der Waals surface area contributed by atoms with Crippen molar-refractivity contribution in [2.24, 2.45) is 0 Å². The van der Waals surface area contributed by atoms with Crippen molar-refractivity contribution in [3.63, 3.8) is 0 Å². The monoisotopic (exact) mass is 327 g/mol. The zero-order chi connectivity index (χ0) is 16.8. The minimum atomic E-state index is -0.149. The van der Waals surface area contributed by atoms with Crippen molar-refractivity contribution in [1.29, 1.82) is 0 Å². The Labute approximate surface area is 142 Å². The molecular formula is C18H25N5O. The normalized spacial score (nSPS) is 16.7. The summed E-state index contributed by atoms with van der Waals surface area (Å²) in [7, 11) is 0. The number of nitrogens with zero attached hydrogens (tertiary/aromatic N) is 3. The summed E-state index contributed by atoms with van der Waals surface area (Å²) in [4.78, 5) is 12.4. The number of aromatic nitrogens is 3. The molecule has 1 saturated heterocycles. The van der Waals surface area contributed by atoms with E-state index in [-0.39, 0.29) is 5.91 Å². The van der Waals surface area contributed by atoms with E-state index in [9.17, 15) is 4.79 Å². The number of piperidine rings is 1. The Morgan fingerprint density at radius 3 is 2.79 bits per heavy atom. The van der Waals surface area contributed by atoms with Crippen LogP contribution in [0.5, 0.6) is 0 Å². The van der Waals surface area contributed by atoms with Gasteiger partial charge in [0.2, 0.25) is 0 Å². The lowest BCUT2D eigenvalue weighted by atomic mass is 9.96. The van der Waals surface area contributed by atoms with Crippen LogP contribution in [0.4, 0.5) is 0 Å². The topological polar surface area (TPSA) is 71.8 Å². The Hall–Kier alpha value is -2.21. The van der Waals surface area contributed by atoms with Crippen molar-refractivity contribution >= 4 is 5.91 Å². The van der Waals surface area contributed by atoms with Crippen LogP contribution in [-0.4, -0.2) is 40.5 Å². The van der Waals surface area contributed by atoms with E-state index in [0.29, 0.717) is 24.2 Å². The van der Waals surface area contributed by atoms with Gasteiger partial charge in [-0.3, -0.25) is 4.79 Å². The van der Waals surface area contributed by atoms with Gasteiger partial charge in [0.05, 0.1) is 12.2 Å². The molecule has 1 aromatic carbocycles. The minimum absolute atomic E-state index is 0.149. The number of carbonyl (C=O) groups excluding carboxylic acids is 1. The maximum Gasteiger partial charge on any atom is 0.273 e. The Bertz CT molecular complexity index is 648. The summed E-state index contributed by atoms with van der Waals surface area (Å²) in [5.41, 5.74) is 1.65. The van der Waals surface area contributed by atoms with Crippen molar-refractivity contribution in [2.45, 2.75) is 38.1 Å². The first kappa shape index (κ1) is 16.6. The maximum atomic E-state index is 12.4. The molecule has 128 valence electrons. The van der Waals surface area contributed by atoms with Crippen LogP contribution in [0, 0.1) is 0 Å². The van der Waals surface area contributed by atoms with Crippen molar-refractivity contribution in [3.8, 4) is 0 Å². The van der Waals surface area contributed by atoms with Gasteiger partial charge in [0.25, 0.3) is 5.91 Å². The van der Waals surface area contributed by atoms with Gasteiger partial charge in [-0.25, -0.2) is 4.68 Å². The van der Waals surface area contributed by atoms with Crippen LogP contribution >= 0.6 is 0 Å². The van der Waals surface area contributed by atoms with E-state index in [1.165, 1.54) is 5.56 Å². The molecule has 0 aliphatic carbocycles. The molecule has 1 fully saturated rings. The first-order valence-corrected chi connectivity index (χ1v) is 8.73. The van der Waals surface area contributed by atoms with E-state index >= 15 is 0 Å². The number of carbonyl (C=O) groups is 1. The van der Waals surface area contributed by atoms with Crippen molar-refractivity contribution < 1.29 is 4.79 Å². The highest BCUT2D eigenvalue weighted by Crippen LogP contribution is 2.19. The largest absolute Gasteiger partial charge is 0.350 e. The van der Waals surface area contributed by atoms with Gasteiger partial charge in [0.1, 0.15) is 0 Å². The first-order chi connectivity index (χ1) is 11.8. The van der Waals surface area contributed by atoms with Gasteiger partial charge >= 0.3 is 0 Å². The Kier molecular flexibility index (Phi) is 5.59. The van der Waals surface area contributed by atoms with Crippen LogP contribution in [0.15, 0.2) is 36.5 Å². The summed E-state index contributed by atoms with van der Waals surface area (Å²) in [6.45, 7) is 4.72. The fourth-order valence-corrected chi connectivity index (χ4v) is 3.16. The quantitative estimate of drug-likeness (QED) is 0.852. The van der Waals surface area contributed by atoms with Gasteiger partial charge < -0.3 is 10.6 Å². The second kappa shape index (κ2) is 8.06. The van der Waals surface area contributed by atoms with E-state index in [2.05, 4.69) is 40.0 Å². The summed E-state index contributed by atoms with van der Waals surface area (Å²) >= 11 is 0. The van der Waals surface area contributed by atoms with Crippen LogP contribution in [0.2, 0.25) is 0 Å². The van der Waals surface area contributed by atoms with Gasteiger partial charge in [-0.2, -0.15) is 0 Å². The standard InChI is InChI=1S/C18H25N5O/c1-2-14(15-6-4-3-5-7-15)12-20-18(24)17-13-23(22-21-17)16-8-10-19-11-9-16/h3-7,13-14,16,19H,2,8-12H2,1H3,(H,20,24). The fraction of sp³-hybridized carbons (Fsp3) is 0.500. The highest BCUT2D eigenvalue weighted by atomic mass is 16.2. The summed E-state index contributed by atoms with van der Waals surface area (Å²) < 4.78 is 1.84. The van der Waals surface area contributed by atoms with Gasteiger partial charge in [0, 0.05) is 12.5 Å². The molecule has 1 atom stereocenters. The zero-order valence-corrected chi connectivity index (χ0v) is 14.1. The molecular weight excluding hydrogens is 302 g/mol. The van der Waals surface area contributed by atoms with Gasteiger partial charge in [-0.1, -0.05) is 42.5 Å². The number of nitrogens with one attached hydrogen (secondary N) is 2. The van der Waals surface area contributed by atoms with Gasteiger partial charge in [0.15, 0.2) is 5.69 Å². The van der Waals surface area contributed by atoms with Crippen LogP contribution in [0.25, 0.3) is 0 Å². The van der Waals surface area contributed by atoms with Crippen LogP contribution in [-0.2, 0) is 0 Å². The predicted molar refractivity (Wildman–Crippen MR) is 93.0 cm³/mol. The second-order valence-corrected chi connectivity index (χ2v) is 6.29. The third-order valence-corrected chi connectivity index (χ3v) is 4.70. The lowest BCUT2D eigenvalue weighted by molar-refractivity contribution is 0.0946. The molecule has 1 aliphatic heterocycles. The van der Waals surface area contributed by atoms with E-state index in [1.54, 1.807) is 6.20 Å². The fourth-order valence-electron chi connectivity index (χ4n) is 3.16. The van der Waals surface area contributed by atoms with E-state index in [4.69, 9.17) is 0 Å². The zero-order valence-electron chi connectivity index (χ0n) is 14.1. The van der Waals surface area contributed by atoms with Crippen LogP contribution < -0.4 is 10.6 Å².